The molecule has 0 heterocycles. The molecule has 0 aromatic carbocycles. The van der Waals surface area contributed by atoms with E-state index in [0.717, 1.165) is 0 Å². The summed E-state index contributed by atoms with van der Waals surface area (Å²) >= 11 is 0. The number of nitrogens with zero attached hydrogens (tertiary/aromatic N) is 1. The normalized spacial score (nSPS) is 24.3. The fourth-order valence-electron chi connectivity index (χ4n) is 1.92. The molecule has 1 aliphatic carbocycles. The molecular weight excluding hydrogens is 154 g/mol. The van der Waals surface area contributed by atoms with Gasteiger partial charge in [0.2, 0.25) is 6.08 Å². The predicted molar refractivity (Wildman–Crippen MR) is 44.2 cm³/mol. The van der Waals surface area contributed by atoms with Crippen molar-refractivity contribution in [2.75, 3.05) is 0 Å². The smallest absolute Gasteiger partial charge is 0.260 e. The van der Waals surface area contributed by atoms with Gasteiger partial charge in [-0.05, 0) is 10.8 Å². The highest BCUT2D eigenvalue weighted by atomic mass is 16.2. The molecule has 1 rings (SSSR count). The number of amides is 1. The molecule has 0 bridgehead atoms. The molecule has 1 aliphatic rings. The summed E-state index contributed by atoms with van der Waals surface area (Å²) in [5, 5.41) is 0. The average Bonchev–Trinajstić information content (AvgIpc) is 2.24. The molecule has 1 fully saturated rings. The number of isocyanates is 1. The Bertz CT molecular complexity index is 258. The van der Waals surface area contributed by atoms with E-state index in [2.05, 4.69) is 4.99 Å². The van der Waals surface area contributed by atoms with Gasteiger partial charge in [0.15, 0.2) is 0 Å². The lowest BCUT2D eigenvalue weighted by atomic mass is 10.0. The Hall–Kier alpha value is -0.950. The minimum atomic E-state index is -0.333. The van der Waals surface area contributed by atoms with Crippen molar-refractivity contribution in [1.29, 1.82) is 0 Å². The first-order valence-electron chi connectivity index (χ1n) is 3.97. The number of carbonyl (C=O) groups excluding carboxylic acids is 2. The third-order valence-electron chi connectivity index (χ3n) is 3.42. The summed E-state index contributed by atoms with van der Waals surface area (Å²) in [6, 6.07) is 0. The van der Waals surface area contributed by atoms with E-state index in [4.69, 9.17) is 0 Å². The van der Waals surface area contributed by atoms with E-state index in [0.29, 0.717) is 0 Å². The highest BCUT2D eigenvalue weighted by Gasteiger charge is 2.68. The molecule has 1 amide bonds. The van der Waals surface area contributed by atoms with Crippen LogP contribution in [0, 0.1) is 16.7 Å². The molecule has 12 heavy (non-hydrogen) atoms. The third kappa shape index (κ3) is 0.935. The van der Waals surface area contributed by atoms with Gasteiger partial charge < -0.3 is 0 Å². The van der Waals surface area contributed by atoms with Crippen LogP contribution in [-0.4, -0.2) is 12.0 Å². The first kappa shape index (κ1) is 9.14. The maximum atomic E-state index is 11.2. The van der Waals surface area contributed by atoms with Crippen molar-refractivity contribution in [3.8, 4) is 0 Å². The van der Waals surface area contributed by atoms with Gasteiger partial charge >= 0.3 is 0 Å². The predicted octanol–water partition coefficient (Wildman–Crippen LogP) is 1.53. The molecule has 0 radical (unpaired) electrons. The van der Waals surface area contributed by atoms with Crippen molar-refractivity contribution in [3.05, 3.63) is 0 Å². The number of hydrogen-bond acceptors (Lipinski definition) is 2. The lowest BCUT2D eigenvalue weighted by molar-refractivity contribution is -0.120. The van der Waals surface area contributed by atoms with Crippen LogP contribution in [0.5, 0.6) is 0 Å². The standard InChI is InChI=1S/C9H13NO2/c1-8(2)6(9(8,3)4)7(12)10-5-11/h6H,1-4H3. The molecule has 3 heteroatoms. The molecule has 0 spiro atoms. The Kier molecular flexibility index (Phi) is 1.73. The highest BCUT2D eigenvalue weighted by molar-refractivity contribution is 5.88. The molecule has 0 N–H and O–H groups in total. The van der Waals surface area contributed by atoms with Crippen LogP contribution in [0.15, 0.2) is 4.99 Å². The zero-order valence-corrected chi connectivity index (χ0v) is 7.84. The lowest BCUT2D eigenvalue weighted by Gasteiger charge is -2.03. The van der Waals surface area contributed by atoms with E-state index in [9.17, 15) is 9.59 Å². The topological polar surface area (TPSA) is 46.5 Å². The summed E-state index contributed by atoms with van der Waals surface area (Å²) in [7, 11) is 0. The first-order valence-corrected chi connectivity index (χ1v) is 3.97. The van der Waals surface area contributed by atoms with E-state index in [1.165, 1.54) is 6.08 Å². The fourth-order valence-corrected chi connectivity index (χ4v) is 1.92. The van der Waals surface area contributed by atoms with E-state index in [1.54, 1.807) is 0 Å². The van der Waals surface area contributed by atoms with Gasteiger partial charge in [-0.2, -0.15) is 0 Å². The van der Waals surface area contributed by atoms with Crippen LogP contribution in [-0.2, 0) is 9.59 Å². The van der Waals surface area contributed by atoms with Gasteiger partial charge in [-0.3, -0.25) is 4.79 Å². The number of aliphatic imine (C=N–C) groups is 1. The Morgan fingerprint density at radius 2 is 1.67 bits per heavy atom. The van der Waals surface area contributed by atoms with Crippen LogP contribution in [0.25, 0.3) is 0 Å². The van der Waals surface area contributed by atoms with Crippen LogP contribution in [0.4, 0.5) is 0 Å². The molecule has 0 atom stereocenters. The van der Waals surface area contributed by atoms with E-state index in [1.807, 2.05) is 27.7 Å². The molecule has 0 unspecified atom stereocenters. The Morgan fingerprint density at radius 1 is 1.25 bits per heavy atom. The zero-order valence-electron chi connectivity index (χ0n) is 7.84. The summed E-state index contributed by atoms with van der Waals surface area (Å²) in [6.07, 6.45) is 1.29. The number of carbonyl (C=O) groups is 1. The third-order valence-corrected chi connectivity index (χ3v) is 3.42. The van der Waals surface area contributed by atoms with E-state index < -0.39 is 0 Å². The van der Waals surface area contributed by atoms with Gasteiger partial charge in [-0.1, -0.05) is 27.7 Å². The van der Waals surface area contributed by atoms with Gasteiger partial charge in [0.05, 0.1) is 5.92 Å². The van der Waals surface area contributed by atoms with Crippen LogP contribution in [0.2, 0.25) is 0 Å². The van der Waals surface area contributed by atoms with Gasteiger partial charge in [0.1, 0.15) is 0 Å². The van der Waals surface area contributed by atoms with Crippen molar-refractivity contribution in [3.63, 3.8) is 0 Å². The van der Waals surface area contributed by atoms with Crippen molar-refractivity contribution >= 4 is 12.0 Å². The summed E-state index contributed by atoms with van der Waals surface area (Å²) < 4.78 is 0. The van der Waals surface area contributed by atoms with Gasteiger partial charge in [-0.15, -0.1) is 4.99 Å². The second-order valence-corrected chi connectivity index (χ2v) is 4.42. The van der Waals surface area contributed by atoms with Crippen molar-refractivity contribution in [2.45, 2.75) is 27.7 Å². The maximum absolute atomic E-state index is 11.2. The van der Waals surface area contributed by atoms with Crippen molar-refractivity contribution < 1.29 is 9.59 Å². The molecule has 0 aliphatic heterocycles. The van der Waals surface area contributed by atoms with Crippen molar-refractivity contribution in [1.82, 2.24) is 0 Å². The minimum Gasteiger partial charge on any atom is -0.271 e. The Balaban J connectivity index is 2.84. The largest absolute Gasteiger partial charge is 0.271 e. The molecule has 66 valence electrons. The summed E-state index contributed by atoms with van der Waals surface area (Å²) in [5.74, 6) is -0.452. The molecule has 1 saturated carbocycles. The average molecular weight is 167 g/mol. The van der Waals surface area contributed by atoms with Crippen LogP contribution in [0.1, 0.15) is 27.7 Å². The van der Waals surface area contributed by atoms with Gasteiger partial charge in [-0.25, -0.2) is 4.79 Å². The SMILES string of the molecule is CC1(C)C(C(=O)N=C=O)C1(C)C. The first-order chi connectivity index (χ1) is 5.35. The zero-order chi connectivity index (χ0) is 9.57. The molecule has 0 aromatic heterocycles. The second-order valence-electron chi connectivity index (χ2n) is 4.42. The summed E-state index contributed by atoms with van der Waals surface area (Å²) in [4.78, 5) is 24.2. The van der Waals surface area contributed by atoms with Gasteiger partial charge in [0, 0.05) is 0 Å². The Morgan fingerprint density at radius 3 is 1.92 bits per heavy atom. The summed E-state index contributed by atoms with van der Waals surface area (Å²) in [6.45, 7) is 8.04. The maximum Gasteiger partial charge on any atom is 0.260 e. The number of hydrogen-bond donors (Lipinski definition) is 0. The molecule has 3 nitrogen and oxygen atoms in total. The quantitative estimate of drug-likeness (QED) is 0.439. The lowest BCUT2D eigenvalue weighted by Crippen LogP contribution is -2.02. The number of rotatable bonds is 1. The van der Waals surface area contributed by atoms with Gasteiger partial charge in [0.25, 0.3) is 5.91 Å². The summed E-state index contributed by atoms with van der Waals surface area (Å²) in [5.41, 5.74) is -0.0745. The fraction of sp³-hybridized carbons (Fsp3) is 0.778. The second kappa shape index (κ2) is 2.27. The molecular formula is C9H13NO2. The molecule has 0 aromatic rings. The molecule has 0 saturated heterocycles. The van der Waals surface area contributed by atoms with E-state index in [-0.39, 0.29) is 22.7 Å². The highest BCUT2D eigenvalue weighted by Crippen LogP contribution is 2.68. The van der Waals surface area contributed by atoms with Crippen LogP contribution in [0.3, 0.4) is 0 Å². The van der Waals surface area contributed by atoms with Crippen molar-refractivity contribution in [2.24, 2.45) is 21.7 Å². The minimum absolute atomic E-state index is 0.0373. The van der Waals surface area contributed by atoms with Crippen LogP contribution < -0.4 is 0 Å². The van der Waals surface area contributed by atoms with Crippen LogP contribution >= 0.6 is 0 Å². The van der Waals surface area contributed by atoms with E-state index >= 15 is 0 Å². The monoisotopic (exact) mass is 167 g/mol. The Labute approximate surface area is 71.9 Å².